The Morgan fingerprint density at radius 2 is 1.69 bits per heavy atom. The minimum Gasteiger partial charge on any atom is -0.357 e. The number of allylic oxidation sites excluding steroid dienone is 1. The van der Waals surface area contributed by atoms with Crippen molar-refractivity contribution in [3.05, 3.63) is 71.4 Å². The molecule has 1 amide bonds. The lowest BCUT2D eigenvalue weighted by Crippen LogP contribution is -2.48. The maximum atomic E-state index is 13.5. The second-order valence-electron chi connectivity index (χ2n) is 11.3. The molecule has 5 heteroatoms. The van der Waals surface area contributed by atoms with Gasteiger partial charge in [0.2, 0.25) is 5.91 Å². The van der Waals surface area contributed by atoms with Crippen molar-refractivity contribution in [2.75, 3.05) is 29.9 Å². The molecule has 5 rings (SSSR count). The summed E-state index contributed by atoms with van der Waals surface area (Å²) < 4.78 is 0. The lowest BCUT2D eigenvalue weighted by molar-refractivity contribution is -0.131. The zero-order chi connectivity index (χ0) is 24.6. The van der Waals surface area contributed by atoms with Crippen LogP contribution in [-0.4, -0.2) is 42.3 Å². The van der Waals surface area contributed by atoms with Crippen molar-refractivity contribution in [3.8, 4) is 0 Å². The van der Waals surface area contributed by atoms with Gasteiger partial charge in [-0.15, -0.1) is 0 Å². The van der Waals surface area contributed by atoms with Gasteiger partial charge in [-0.25, -0.2) is 0 Å². The van der Waals surface area contributed by atoms with Crippen molar-refractivity contribution < 1.29 is 9.59 Å². The molecule has 0 bridgehead atoms. The standard InChI is InChI=1S/C30H37N3O2/c1-21-29-25(18-30(2,3)19-27(29)34)31-24-11-7-8-12-26(24)33(21)20-28(35)32-15-13-23(14-16-32)17-22-9-5-4-6-10-22/h4-12,21,23,31H,13-20H2,1-3H3. The van der Waals surface area contributed by atoms with E-state index in [2.05, 4.69) is 73.5 Å². The van der Waals surface area contributed by atoms with Gasteiger partial charge >= 0.3 is 0 Å². The number of Topliss-reactive ketones (excluding diaryl/α,β-unsaturated/α-hetero) is 1. The number of ketones is 1. The number of amides is 1. The Labute approximate surface area is 209 Å². The first-order chi connectivity index (χ1) is 16.8. The van der Waals surface area contributed by atoms with Crippen molar-refractivity contribution in [3.63, 3.8) is 0 Å². The molecule has 0 radical (unpaired) electrons. The molecule has 2 heterocycles. The SMILES string of the molecule is CC1C2=C(CC(C)(C)CC2=O)Nc2ccccc2N1CC(=O)N1CCC(Cc2ccccc2)CC1. The predicted molar refractivity (Wildman–Crippen MR) is 141 cm³/mol. The Balaban J connectivity index is 1.31. The number of fused-ring (bicyclic) bond motifs is 1. The second kappa shape index (κ2) is 9.52. The second-order valence-corrected chi connectivity index (χ2v) is 11.3. The van der Waals surface area contributed by atoms with Gasteiger partial charge in [-0.1, -0.05) is 56.3 Å². The van der Waals surface area contributed by atoms with Gasteiger partial charge in [0.25, 0.3) is 0 Å². The summed E-state index contributed by atoms with van der Waals surface area (Å²) in [6, 6.07) is 18.6. The zero-order valence-corrected chi connectivity index (χ0v) is 21.2. The van der Waals surface area contributed by atoms with Gasteiger partial charge in [0.15, 0.2) is 5.78 Å². The smallest absolute Gasteiger partial charge is 0.242 e. The molecule has 1 saturated heterocycles. The number of piperidine rings is 1. The average molecular weight is 472 g/mol. The van der Waals surface area contributed by atoms with Crippen LogP contribution in [0.1, 0.15) is 52.0 Å². The predicted octanol–water partition coefficient (Wildman–Crippen LogP) is 5.43. The van der Waals surface area contributed by atoms with E-state index < -0.39 is 0 Å². The molecule has 5 nitrogen and oxygen atoms in total. The first-order valence-electron chi connectivity index (χ1n) is 13.0. The third-order valence-corrected chi connectivity index (χ3v) is 7.94. The van der Waals surface area contributed by atoms with Gasteiger partial charge in [0.05, 0.1) is 24.0 Å². The largest absolute Gasteiger partial charge is 0.357 e. The molecule has 1 aliphatic carbocycles. The van der Waals surface area contributed by atoms with Gasteiger partial charge in [-0.2, -0.15) is 0 Å². The summed E-state index contributed by atoms with van der Waals surface area (Å²) in [4.78, 5) is 30.9. The van der Waals surface area contributed by atoms with Gasteiger partial charge in [-0.3, -0.25) is 9.59 Å². The molecule has 1 atom stereocenters. The maximum Gasteiger partial charge on any atom is 0.242 e. The van der Waals surface area contributed by atoms with Crippen molar-refractivity contribution in [2.24, 2.45) is 11.3 Å². The highest BCUT2D eigenvalue weighted by Gasteiger charge is 2.39. The third kappa shape index (κ3) is 5.00. The number of para-hydroxylation sites is 2. The van der Waals surface area contributed by atoms with E-state index >= 15 is 0 Å². The number of hydrogen-bond donors (Lipinski definition) is 1. The molecule has 35 heavy (non-hydrogen) atoms. The normalized spacial score (nSPS) is 22.3. The molecular weight excluding hydrogens is 434 g/mol. The summed E-state index contributed by atoms with van der Waals surface area (Å²) in [5, 5.41) is 3.58. The maximum absolute atomic E-state index is 13.5. The van der Waals surface area contributed by atoms with Crippen molar-refractivity contribution >= 4 is 23.1 Å². The number of carbonyl (C=O) groups excluding carboxylic acids is 2. The lowest BCUT2D eigenvalue weighted by Gasteiger charge is -2.38. The van der Waals surface area contributed by atoms with Crippen molar-refractivity contribution in [2.45, 2.75) is 58.9 Å². The van der Waals surface area contributed by atoms with E-state index in [0.29, 0.717) is 12.3 Å². The van der Waals surface area contributed by atoms with Crippen molar-refractivity contribution in [1.29, 1.82) is 0 Å². The van der Waals surface area contributed by atoms with E-state index in [0.717, 1.165) is 61.4 Å². The molecule has 0 spiro atoms. The highest BCUT2D eigenvalue weighted by molar-refractivity contribution is 6.01. The van der Waals surface area contributed by atoms with Gasteiger partial charge < -0.3 is 15.1 Å². The summed E-state index contributed by atoms with van der Waals surface area (Å²) in [7, 11) is 0. The summed E-state index contributed by atoms with van der Waals surface area (Å²) in [5.41, 5.74) is 5.14. The van der Waals surface area contributed by atoms with Crippen LogP contribution in [0.2, 0.25) is 0 Å². The number of nitrogens with zero attached hydrogens (tertiary/aromatic N) is 2. The number of benzene rings is 2. The molecule has 2 aliphatic heterocycles. The summed E-state index contributed by atoms with van der Waals surface area (Å²) >= 11 is 0. The van der Waals surface area contributed by atoms with Crippen LogP contribution in [0, 0.1) is 11.3 Å². The molecule has 3 aliphatic rings. The monoisotopic (exact) mass is 471 g/mol. The number of likely N-dealkylation sites (tertiary alicyclic amines) is 1. The first kappa shape index (κ1) is 23.7. The lowest BCUT2D eigenvalue weighted by atomic mass is 9.74. The minimum atomic E-state index is -0.149. The fourth-order valence-corrected chi connectivity index (χ4v) is 6.09. The molecule has 0 saturated carbocycles. The number of nitrogens with one attached hydrogen (secondary N) is 1. The highest BCUT2D eigenvalue weighted by Crippen LogP contribution is 2.43. The summed E-state index contributed by atoms with van der Waals surface area (Å²) in [6.07, 6.45) is 4.54. The van der Waals surface area contributed by atoms with Crippen LogP contribution in [0.25, 0.3) is 0 Å². The Morgan fingerprint density at radius 3 is 2.43 bits per heavy atom. The van der Waals surface area contributed by atoms with Crippen LogP contribution in [0.5, 0.6) is 0 Å². The fraction of sp³-hybridized carbons (Fsp3) is 0.467. The molecule has 184 valence electrons. The molecule has 1 unspecified atom stereocenters. The molecule has 0 aromatic heterocycles. The fourth-order valence-electron chi connectivity index (χ4n) is 6.09. The van der Waals surface area contributed by atoms with E-state index in [1.165, 1.54) is 5.56 Å². The van der Waals surface area contributed by atoms with Gasteiger partial charge in [-0.05, 0) is 61.6 Å². The minimum absolute atomic E-state index is 0.0628. The van der Waals surface area contributed by atoms with Crippen LogP contribution in [0.15, 0.2) is 65.9 Å². The molecule has 1 fully saturated rings. The van der Waals surface area contributed by atoms with Crippen LogP contribution in [0.4, 0.5) is 11.4 Å². The molecule has 2 aromatic rings. The number of rotatable bonds is 4. The molecule has 2 aromatic carbocycles. The average Bonchev–Trinajstić information content (AvgIpc) is 2.93. The summed E-state index contributed by atoms with van der Waals surface area (Å²) in [5.74, 6) is 0.972. The zero-order valence-electron chi connectivity index (χ0n) is 21.2. The topological polar surface area (TPSA) is 52.7 Å². The van der Waals surface area contributed by atoms with Crippen LogP contribution in [0.3, 0.4) is 0 Å². The van der Waals surface area contributed by atoms with E-state index in [4.69, 9.17) is 0 Å². The van der Waals surface area contributed by atoms with E-state index in [-0.39, 0.29) is 29.7 Å². The van der Waals surface area contributed by atoms with Crippen LogP contribution >= 0.6 is 0 Å². The summed E-state index contributed by atoms with van der Waals surface area (Å²) in [6.45, 7) is 8.28. The highest BCUT2D eigenvalue weighted by atomic mass is 16.2. The number of anilines is 2. The van der Waals surface area contributed by atoms with Crippen LogP contribution < -0.4 is 10.2 Å². The van der Waals surface area contributed by atoms with E-state index in [9.17, 15) is 9.59 Å². The van der Waals surface area contributed by atoms with Gasteiger partial charge in [0.1, 0.15) is 0 Å². The third-order valence-electron chi connectivity index (χ3n) is 7.94. The molecule has 1 N–H and O–H groups in total. The Kier molecular flexibility index (Phi) is 6.43. The van der Waals surface area contributed by atoms with Crippen LogP contribution in [-0.2, 0) is 16.0 Å². The van der Waals surface area contributed by atoms with E-state index in [1.54, 1.807) is 0 Å². The quantitative estimate of drug-likeness (QED) is 0.646. The molecular formula is C30H37N3O2. The Hall–Kier alpha value is -3.08. The van der Waals surface area contributed by atoms with E-state index in [1.807, 2.05) is 17.0 Å². The van der Waals surface area contributed by atoms with Crippen molar-refractivity contribution in [1.82, 2.24) is 4.90 Å². The number of hydrogen-bond acceptors (Lipinski definition) is 4. The van der Waals surface area contributed by atoms with Gasteiger partial charge in [0, 0.05) is 30.8 Å². The Bertz CT molecular complexity index is 1130. The first-order valence-corrected chi connectivity index (χ1v) is 13.0. The number of carbonyl (C=O) groups is 2. The Morgan fingerprint density at radius 1 is 1.00 bits per heavy atom.